The Morgan fingerprint density at radius 3 is 2.60 bits per heavy atom. The molecule has 0 heterocycles. The molecule has 0 amide bonds. The Bertz CT molecular complexity index is 159. The summed E-state index contributed by atoms with van der Waals surface area (Å²) in [6, 6.07) is 0. The average molecular weight is 214 g/mol. The summed E-state index contributed by atoms with van der Waals surface area (Å²) in [5.74, 6) is 0. The van der Waals surface area contributed by atoms with Crippen LogP contribution in [0.4, 0.5) is 0 Å². The Hall–Kier alpha value is -0.0800. The average Bonchev–Trinajstić information content (AvgIpc) is 2.43. The van der Waals surface area contributed by atoms with Crippen LogP contribution in [0.25, 0.3) is 0 Å². The van der Waals surface area contributed by atoms with Gasteiger partial charge in [-0.2, -0.15) is 0 Å². The molecule has 2 nitrogen and oxygen atoms in total. The first-order chi connectivity index (χ1) is 7.27. The molecule has 1 aliphatic carbocycles. The van der Waals surface area contributed by atoms with Gasteiger partial charge in [-0.25, -0.2) is 0 Å². The van der Waals surface area contributed by atoms with Gasteiger partial charge in [-0.3, -0.25) is 0 Å². The highest BCUT2D eigenvalue weighted by molar-refractivity contribution is 4.74. The molecule has 3 atom stereocenters. The minimum atomic E-state index is -0.224. The Kier molecular flexibility index (Phi) is 6.26. The third-order valence-electron chi connectivity index (χ3n) is 3.35. The van der Waals surface area contributed by atoms with E-state index in [2.05, 4.69) is 13.8 Å². The number of aliphatic hydroxyl groups excluding tert-OH is 1. The molecule has 1 rings (SSSR count). The summed E-state index contributed by atoms with van der Waals surface area (Å²) < 4.78 is 6.02. The van der Waals surface area contributed by atoms with Crippen LogP contribution in [0.3, 0.4) is 0 Å². The molecule has 90 valence electrons. The van der Waals surface area contributed by atoms with Gasteiger partial charge in [0.1, 0.15) is 0 Å². The second kappa shape index (κ2) is 7.24. The highest BCUT2D eigenvalue weighted by Gasteiger charge is 2.24. The molecule has 3 unspecified atom stereocenters. The molecule has 1 saturated carbocycles. The van der Waals surface area contributed by atoms with Gasteiger partial charge in [-0.05, 0) is 25.7 Å². The summed E-state index contributed by atoms with van der Waals surface area (Å²) in [6.45, 7) is 4.36. The highest BCUT2D eigenvalue weighted by Crippen LogP contribution is 2.23. The summed E-state index contributed by atoms with van der Waals surface area (Å²) in [4.78, 5) is 0. The summed E-state index contributed by atoms with van der Waals surface area (Å²) >= 11 is 0. The highest BCUT2D eigenvalue weighted by atomic mass is 16.5. The first-order valence-electron chi connectivity index (χ1n) is 6.61. The number of hydrogen-bond donors (Lipinski definition) is 1. The van der Waals surface area contributed by atoms with Crippen LogP contribution in [0, 0.1) is 0 Å². The lowest BCUT2D eigenvalue weighted by Gasteiger charge is -2.26. The topological polar surface area (TPSA) is 29.5 Å². The van der Waals surface area contributed by atoms with Crippen LogP contribution in [0.1, 0.15) is 65.2 Å². The lowest BCUT2D eigenvalue weighted by atomic mass is 10.1. The molecule has 0 saturated heterocycles. The van der Waals surface area contributed by atoms with Crippen molar-refractivity contribution in [1.82, 2.24) is 0 Å². The molecule has 15 heavy (non-hydrogen) atoms. The zero-order valence-electron chi connectivity index (χ0n) is 10.2. The van der Waals surface area contributed by atoms with E-state index in [9.17, 15) is 5.11 Å². The van der Waals surface area contributed by atoms with E-state index >= 15 is 0 Å². The van der Waals surface area contributed by atoms with Gasteiger partial charge in [0.2, 0.25) is 0 Å². The fourth-order valence-electron chi connectivity index (χ4n) is 2.35. The van der Waals surface area contributed by atoms with Crippen molar-refractivity contribution in [2.24, 2.45) is 0 Å². The molecule has 0 aliphatic heterocycles. The minimum absolute atomic E-state index is 0.101. The van der Waals surface area contributed by atoms with E-state index in [1.54, 1.807) is 0 Å². The summed E-state index contributed by atoms with van der Waals surface area (Å²) in [7, 11) is 0. The molecule has 1 aliphatic rings. The zero-order chi connectivity index (χ0) is 11.1. The Morgan fingerprint density at radius 2 is 1.93 bits per heavy atom. The van der Waals surface area contributed by atoms with Crippen molar-refractivity contribution >= 4 is 0 Å². The van der Waals surface area contributed by atoms with Crippen molar-refractivity contribution in [3.8, 4) is 0 Å². The molecular formula is C13H26O2. The van der Waals surface area contributed by atoms with Crippen LogP contribution >= 0.6 is 0 Å². The van der Waals surface area contributed by atoms with Gasteiger partial charge < -0.3 is 9.84 Å². The van der Waals surface area contributed by atoms with E-state index in [-0.39, 0.29) is 12.2 Å². The van der Waals surface area contributed by atoms with Gasteiger partial charge in [0.05, 0.1) is 18.3 Å². The standard InChI is InChI=1S/C13H26O2/c1-3-8-11(4-2)15-13-10-7-5-6-9-12(13)14/h11-14H,3-10H2,1-2H3. The monoisotopic (exact) mass is 214 g/mol. The van der Waals surface area contributed by atoms with Crippen molar-refractivity contribution in [3.05, 3.63) is 0 Å². The largest absolute Gasteiger partial charge is 0.390 e. The van der Waals surface area contributed by atoms with Gasteiger partial charge in [0.15, 0.2) is 0 Å². The molecular weight excluding hydrogens is 188 g/mol. The van der Waals surface area contributed by atoms with E-state index < -0.39 is 0 Å². The first kappa shape index (κ1) is 13.0. The molecule has 1 N–H and O–H groups in total. The van der Waals surface area contributed by atoms with E-state index in [1.807, 2.05) is 0 Å². The van der Waals surface area contributed by atoms with E-state index in [0.29, 0.717) is 6.10 Å². The lowest BCUT2D eigenvalue weighted by Crippen LogP contribution is -2.31. The second-order valence-corrected chi connectivity index (χ2v) is 4.70. The van der Waals surface area contributed by atoms with Gasteiger partial charge in [-0.1, -0.05) is 39.5 Å². The van der Waals surface area contributed by atoms with Crippen molar-refractivity contribution in [1.29, 1.82) is 0 Å². The molecule has 0 aromatic carbocycles. The van der Waals surface area contributed by atoms with E-state index in [4.69, 9.17) is 4.74 Å². The smallest absolute Gasteiger partial charge is 0.0837 e. The Balaban J connectivity index is 2.38. The predicted molar refractivity (Wildman–Crippen MR) is 63.0 cm³/mol. The maximum atomic E-state index is 9.94. The fourth-order valence-corrected chi connectivity index (χ4v) is 2.35. The summed E-state index contributed by atoms with van der Waals surface area (Å²) in [5.41, 5.74) is 0. The Labute approximate surface area is 94.0 Å². The molecule has 0 aromatic heterocycles. The quantitative estimate of drug-likeness (QED) is 0.712. The van der Waals surface area contributed by atoms with Crippen molar-refractivity contribution < 1.29 is 9.84 Å². The number of ether oxygens (including phenoxy) is 1. The summed E-state index contributed by atoms with van der Waals surface area (Å²) in [6.07, 6.45) is 9.18. The van der Waals surface area contributed by atoms with Crippen molar-refractivity contribution in [3.63, 3.8) is 0 Å². The second-order valence-electron chi connectivity index (χ2n) is 4.70. The van der Waals surface area contributed by atoms with Gasteiger partial charge in [-0.15, -0.1) is 0 Å². The lowest BCUT2D eigenvalue weighted by molar-refractivity contribution is -0.0825. The number of aliphatic hydroxyl groups is 1. The van der Waals surface area contributed by atoms with Crippen LogP contribution in [0.15, 0.2) is 0 Å². The third-order valence-corrected chi connectivity index (χ3v) is 3.35. The zero-order valence-corrected chi connectivity index (χ0v) is 10.2. The molecule has 0 bridgehead atoms. The fraction of sp³-hybridized carbons (Fsp3) is 1.00. The van der Waals surface area contributed by atoms with Crippen molar-refractivity contribution in [2.75, 3.05) is 0 Å². The van der Waals surface area contributed by atoms with Crippen LogP contribution in [0.5, 0.6) is 0 Å². The minimum Gasteiger partial charge on any atom is -0.390 e. The van der Waals surface area contributed by atoms with E-state index in [1.165, 1.54) is 19.3 Å². The van der Waals surface area contributed by atoms with Gasteiger partial charge in [0, 0.05) is 0 Å². The molecule has 0 aromatic rings. The molecule has 0 radical (unpaired) electrons. The maximum absolute atomic E-state index is 9.94. The van der Waals surface area contributed by atoms with Gasteiger partial charge in [0.25, 0.3) is 0 Å². The maximum Gasteiger partial charge on any atom is 0.0837 e. The molecule has 0 spiro atoms. The molecule has 2 heteroatoms. The first-order valence-corrected chi connectivity index (χ1v) is 6.61. The number of rotatable bonds is 5. The summed E-state index contributed by atoms with van der Waals surface area (Å²) in [5, 5.41) is 9.94. The predicted octanol–water partition coefficient (Wildman–Crippen LogP) is 3.28. The van der Waals surface area contributed by atoms with Crippen LogP contribution in [-0.2, 0) is 4.74 Å². The Morgan fingerprint density at radius 1 is 1.20 bits per heavy atom. The van der Waals surface area contributed by atoms with Crippen LogP contribution in [0.2, 0.25) is 0 Å². The normalized spacial score (nSPS) is 29.8. The molecule has 1 fully saturated rings. The van der Waals surface area contributed by atoms with E-state index in [0.717, 1.165) is 32.1 Å². The van der Waals surface area contributed by atoms with Gasteiger partial charge >= 0.3 is 0 Å². The van der Waals surface area contributed by atoms with Crippen molar-refractivity contribution in [2.45, 2.75) is 83.5 Å². The third kappa shape index (κ3) is 4.52. The SMILES string of the molecule is CCCC(CC)OC1CCCCCC1O. The number of hydrogen-bond acceptors (Lipinski definition) is 2. The van der Waals surface area contributed by atoms with Crippen LogP contribution in [-0.4, -0.2) is 23.4 Å². The van der Waals surface area contributed by atoms with Crippen LogP contribution < -0.4 is 0 Å².